The first kappa shape index (κ1) is 14.2. The zero-order valence-electron chi connectivity index (χ0n) is 11.0. The molecular weight excluding hydrogens is 305 g/mol. The van der Waals surface area contributed by atoms with Crippen molar-refractivity contribution in [3.8, 4) is 0 Å². The summed E-state index contributed by atoms with van der Waals surface area (Å²) in [5, 5.41) is 2.36. The first-order chi connectivity index (χ1) is 9.83. The standard InChI is InChI=1S/C12H11F3N4OS/c1-7-2-3-16-8(6-7)17-11(12(13,14)15)9(20)19-4-5-21-10(19)18-11/h2-3,6H,4-5H2,1H3,(H,16,17)/p+1/t11-/m0/s1. The van der Waals surface area contributed by atoms with E-state index >= 15 is 0 Å². The lowest BCUT2D eigenvalue weighted by molar-refractivity contribution is -0.362. The topological polar surface area (TPSA) is 58.8 Å². The summed E-state index contributed by atoms with van der Waals surface area (Å²) < 4.78 is 40.6. The number of halogens is 3. The number of carbonyl (C=O) groups is 1. The van der Waals surface area contributed by atoms with Crippen LogP contribution in [0.1, 0.15) is 5.56 Å². The van der Waals surface area contributed by atoms with E-state index in [1.807, 2.05) is 0 Å². The van der Waals surface area contributed by atoms with Gasteiger partial charge in [0.1, 0.15) is 0 Å². The third-order valence-electron chi connectivity index (χ3n) is 3.28. The molecule has 0 saturated carbocycles. The lowest BCUT2D eigenvalue weighted by atomic mass is 10.1. The lowest BCUT2D eigenvalue weighted by Gasteiger charge is -2.24. The van der Waals surface area contributed by atoms with Gasteiger partial charge in [0.2, 0.25) is 0 Å². The number of thioether (sulfide) groups is 1. The number of nitrogens with zero attached hydrogens (tertiary/aromatic N) is 2. The van der Waals surface area contributed by atoms with Crippen LogP contribution in [0.2, 0.25) is 0 Å². The van der Waals surface area contributed by atoms with Gasteiger partial charge < -0.3 is 0 Å². The van der Waals surface area contributed by atoms with Crippen molar-refractivity contribution >= 4 is 28.7 Å². The Morgan fingerprint density at radius 1 is 1.52 bits per heavy atom. The Bertz CT molecular complexity index is 633. The number of alkyl halides is 3. The second kappa shape index (κ2) is 4.62. The fraction of sp³-hybridized carbons (Fsp3) is 0.417. The van der Waals surface area contributed by atoms with Gasteiger partial charge >= 0.3 is 17.7 Å². The maximum atomic E-state index is 13.5. The predicted octanol–water partition coefficient (Wildman–Crippen LogP) is 1.42. The highest BCUT2D eigenvalue weighted by Gasteiger charge is 2.70. The molecule has 0 radical (unpaired) electrons. The normalized spacial score (nSPS) is 25.0. The number of aryl methyl sites for hydroxylation is 1. The van der Waals surface area contributed by atoms with Crippen LogP contribution >= 0.6 is 11.8 Å². The zero-order chi connectivity index (χ0) is 15.3. The number of hydrogen-bond donors (Lipinski definition) is 1. The van der Waals surface area contributed by atoms with Gasteiger partial charge in [-0.2, -0.15) is 18.2 Å². The minimum Gasteiger partial charge on any atom is -0.284 e. The maximum absolute atomic E-state index is 13.5. The lowest BCUT2D eigenvalue weighted by Crippen LogP contribution is -2.58. The summed E-state index contributed by atoms with van der Waals surface area (Å²) in [4.78, 5) is 19.7. The number of anilines is 1. The summed E-state index contributed by atoms with van der Waals surface area (Å²) in [6, 6.07) is 3.21. The molecule has 1 aromatic rings. The van der Waals surface area contributed by atoms with Gasteiger partial charge in [0.25, 0.3) is 5.82 Å². The fourth-order valence-corrected chi connectivity index (χ4v) is 3.24. The number of pyridine rings is 1. The van der Waals surface area contributed by atoms with E-state index in [-0.39, 0.29) is 17.5 Å². The minimum atomic E-state index is -4.83. The number of amides is 1. The van der Waals surface area contributed by atoms with Crippen LogP contribution in [0, 0.1) is 6.92 Å². The molecule has 0 unspecified atom stereocenters. The van der Waals surface area contributed by atoms with E-state index in [0.717, 1.165) is 22.2 Å². The van der Waals surface area contributed by atoms with Crippen LogP contribution in [0.4, 0.5) is 19.0 Å². The molecule has 1 aromatic heterocycles. The Morgan fingerprint density at radius 2 is 2.29 bits per heavy atom. The van der Waals surface area contributed by atoms with Crippen molar-refractivity contribution < 1.29 is 22.9 Å². The highest BCUT2D eigenvalue weighted by atomic mass is 32.2. The molecule has 2 aliphatic rings. The average molecular weight is 317 g/mol. The first-order valence-electron chi connectivity index (χ1n) is 6.21. The molecule has 21 heavy (non-hydrogen) atoms. The molecule has 1 amide bonds. The second-order valence-electron chi connectivity index (χ2n) is 4.81. The Hall–Kier alpha value is -1.77. The number of amidine groups is 1. The van der Waals surface area contributed by atoms with Crippen molar-refractivity contribution in [3.05, 3.63) is 23.9 Å². The maximum Gasteiger partial charge on any atom is 0.464 e. The van der Waals surface area contributed by atoms with Gasteiger partial charge in [-0.05, 0) is 18.6 Å². The Kier molecular flexibility index (Phi) is 3.12. The zero-order valence-corrected chi connectivity index (χ0v) is 11.8. The van der Waals surface area contributed by atoms with Crippen molar-refractivity contribution in [2.24, 2.45) is 4.99 Å². The number of aliphatic imine (C=N–C) groups is 1. The van der Waals surface area contributed by atoms with Crippen LogP contribution in [0.15, 0.2) is 23.3 Å². The van der Waals surface area contributed by atoms with E-state index in [0.29, 0.717) is 5.75 Å². The Labute approximate surface area is 122 Å². The summed E-state index contributed by atoms with van der Waals surface area (Å²) in [6.07, 6.45) is -3.33. The Balaban J connectivity index is 2.04. The summed E-state index contributed by atoms with van der Waals surface area (Å²) >= 11 is 1.15. The number of fused-ring (bicyclic) bond motifs is 1. The molecule has 0 spiro atoms. The monoisotopic (exact) mass is 317 g/mol. The molecule has 0 aliphatic carbocycles. The predicted molar refractivity (Wildman–Crippen MR) is 71.7 cm³/mol. The number of H-pyrrole nitrogens is 1. The van der Waals surface area contributed by atoms with Crippen LogP contribution in [-0.2, 0) is 4.79 Å². The summed E-state index contributed by atoms with van der Waals surface area (Å²) in [5.41, 5.74) is -2.18. The Morgan fingerprint density at radius 3 is 2.90 bits per heavy atom. The molecule has 2 aliphatic heterocycles. The molecule has 3 heterocycles. The summed E-state index contributed by atoms with van der Waals surface area (Å²) in [6.45, 7) is 2.00. The smallest absolute Gasteiger partial charge is 0.284 e. The minimum absolute atomic E-state index is 0.0937. The highest BCUT2D eigenvalue weighted by molar-refractivity contribution is 8.14. The molecule has 112 valence electrons. The van der Waals surface area contributed by atoms with Crippen LogP contribution in [0.5, 0.6) is 0 Å². The SMILES string of the molecule is Cc1cc[nH+]c(N[C@]2(C(F)(F)F)N=C3SCCN3C2=O)c1. The molecule has 1 atom stereocenters. The highest BCUT2D eigenvalue weighted by Crippen LogP contribution is 2.42. The number of hydrogen-bond acceptors (Lipinski definition) is 4. The van der Waals surface area contributed by atoms with E-state index < -0.39 is 17.7 Å². The summed E-state index contributed by atoms with van der Waals surface area (Å²) in [5.74, 6) is -0.421. The number of carbonyl (C=O) groups excluding carboxylic acids is 1. The third kappa shape index (κ3) is 2.15. The van der Waals surface area contributed by atoms with Gasteiger partial charge in [0.15, 0.2) is 5.17 Å². The molecule has 0 aromatic carbocycles. The van der Waals surface area contributed by atoms with Gasteiger partial charge in [0.05, 0.1) is 6.20 Å². The van der Waals surface area contributed by atoms with Crippen LogP contribution < -0.4 is 10.3 Å². The van der Waals surface area contributed by atoms with Gasteiger partial charge in [-0.25, -0.2) is 10.3 Å². The van der Waals surface area contributed by atoms with E-state index in [4.69, 9.17) is 0 Å². The van der Waals surface area contributed by atoms with Crippen molar-refractivity contribution in [1.29, 1.82) is 0 Å². The molecule has 2 N–H and O–H groups in total. The molecule has 5 nitrogen and oxygen atoms in total. The first-order valence-corrected chi connectivity index (χ1v) is 7.20. The molecule has 9 heteroatoms. The van der Waals surface area contributed by atoms with E-state index in [1.54, 1.807) is 13.0 Å². The number of aromatic amines is 1. The van der Waals surface area contributed by atoms with Crippen molar-refractivity contribution in [1.82, 2.24) is 4.90 Å². The van der Waals surface area contributed by atoms with Gasteiger partial charge in [0, 0.05) is 18.4 Å². The van der Waals surface area contributed by atoms with Crippen molar-refractivity contribution in [2.75, 3.05) is 17.6 Å². The molecular formula is C12H12F3N4OS+. The van der Waals surface area contributed by atoms with E-state index in [2.05, 4.69) is 15.3 Å². The number of aromatic nitrogens is 1. The quantitative estimate of drug-likeness (QED) is 0.897. The molecule has 3 rings (SSSR count). The van der Waals surface area contributed by atoms with Crippen LogP contribution in [0.25, 0.3) is 0 Å². The molecule has 0 bridgehead atoms. The van der Waals surface area contributed by atoms with Gasteiger partial charge in [-0.1, -0.05) is 11.8 Å². The molecule has 1 fully saturated rings. The number of rotatable bonds is 2. The van der Waals surface area contributed by atoms with Gasteiger partial charge in [-0.3, -0.25) is 9.69 Å². The van der Waals surface area contributed by atoms with Crippen molar-refractivity contribution in [2.45, 2.75) is 18.8 Å². The van der Waals surface area contributed by atoms with E-state index in [9.17, 15) is 18.0 Å². The van der Waals surface area contributed by atoms with Crippen molar-refractivity contribution in [3.63, 3.8) is 0 Å². The third-order valence-corrected chi connectivity index (χ3v) is 4.23. The fourth-order valence-electron chi connectivity index (χ4n) is 2.25. The second-order valence-corrected chi connectivity index (χ2v) is 5.87. The number of nitrogens with one attached hydrogen (secondary N) is 2. The van der Waals surface area contributed by atoms with E-state index in [1.165, 1.54) is 12.3 Å². The van der Waals surface area contributed by atoms with Gasteiger partial charge in [-0.15, -0.1) is 0 Å². The molecule has 1 saturated heterocycles. The van der Waals surface area contributed by atoms with Crippen LogP contribution in [-0.4, -0.2) is 40.1 Å². The van der Waals surface area contributed by atoms with Crippen LogP contribution in [0.3, 0.4) is 0 Å². The summed E-state index contributed by atoms with van der Waals surface area (Å²) in [7, 11) is 0. The average Bonchev–Trinajstić information content (AvgIpc) is 2.92. The largest absolute Gasteiger partial charge is 0.464 e.